The van der Waals surface area contributed by atoms with Crippen LogP contribution in [0.1, 0.15) is 64.5 Å². The van der Waals surface area contributed by atoms with Crippen molar-refractivity contribution in [3.63, 3.8) is 0 Å². The van der Waals surface area contributed by atoms with E-state index in [1.54, 1.807) is 4.90 Å². The maximum absolute atomic E-state index is 12.9. The molecule has 136 valence electrons. The van der Waals surface area contributed by atoms with Gasteiger partial charge in [0.1, 0.15) is 11.6 Å². The molecule has 0 bridgehead atoms. The number of amides is 1. The van der Waals surface area contributed by atoms with Crippen molar-refractivity contribution in [3.05, 3.63) is 34.9 Å². The number of piperidine rings is 1. The molecule has 4 nitrogen and oxygen atoms in total. The van der Waals surface area contributed by atoms with Gasteiger partial charge in [0.2, 0.25) is 5.91 Å². The van der Waals surface area contributed by atoms with Gasteiger partial charge in [-0.25, -0.2) is 4.79 Å². The minimum atomic E-state index is -0.557. The Bertz CT molecular complexity index is 646. The van der Waals surface area contributed by atoms with Gasteiger partial charge in [-0.3, -0.25) is 4.79 Å². The Morgan fingerprint density at radius 1 is 1.20 bits per heavy atom. The first-order valence-corrected chi connectivity index (χ1v) is 9.43. The van der Waals surface area contributed by atoms with Crippen LogP contribution in [0.25, 0.3) is 0 Å². The maximum atomic E-state index is 12.9. The van der Waals surface area contributed by atoms with Crippen LogP contribution in [-0.2, 0) is 14.3 Å². The molecule has 5 heteroatoms. The van der Waals surface area contributed by atoms with Gasteiger partial charge in [-0.05, 0) is 70.1 Å². The number of esters is 1. The highest BCUT2D eigenvalue weighted by Gasteiger charge is 2.47. The van der Waals surface area contributed by atoms with Crippen molar-refractivity contribution in [2.24, 2.45) is 5.92 Å². The lowest BCUT2D eigenvalue weighted by molar-refractivity contribution is -0.169. The molecule has 0 aromatic heterocycles. The molecule has 1 aromatic carbocycles. The van der Waals surface area contributed by atoms with Crippen molar-refractivity contribution >= 4 is 23.5 Å². The van der Waals surface area contributed by atoms with E-state index < -0.39 is 11.6 Å². The first-order chi connectivity index (χ1) is 11.8. The van der Waals surface area contributed by atoms with E-state index >= 15 is 0 Å². The smallest absolute Gasteiger partial charge is 0.329 e. The number of nitrogens with zero attached hydrogens (tertiary/aromatic N) is 1. The van der Waals surface area contributed by atoms with Crippen molar-refractivity contribution in [2.45, 2.75) is 70.6 Å². The number of ether oxygens (including phenoxy) is 1. The molecule has 1 saturated carbocycles. The van der Waals surface area contributed by atoms with Crippen molar-refractivity contribution in [1.29, 1.82) is 0 Å². The molecule has 1 heterocycles. The number of hydrogen-bond donors (Lipinski definition) is 0. The first kappa shape index (κ1) is 18.2. The number of carbonyl (C=O) groups is 2. The fourth-order valence-electron chi connectivity index (χ4n) is 3.56. The molecular formula is C20H26ClNO3. The summed E-state index contributed by atoms with van der Waals surface area (Å²) >= 11 is 6.01. The van der Waals surface area contributed by atoms with Crippen LogP contribution in [0.2, 0.25) is 5.02 Å². The Balaban J connectivity index is 1.91. The van der Waals surface area contributed by atoms with E-state index in [4.69, 9.17) is 16.3 Å². The van der Waals surface area contributed by atoms with Crippen molar-refractivity contribution in [3.8, 4) is 0 Å². The zero-order valence-corrected chi connectivity index (χ0v) is 15.9. The molecule has 2 unspecified atom stereocenters. The van der Waals surface area contributed by atoms with Crippen LogP contribution in [0.15, 0.2) is 24.3 Å². The quantitative estimate of drug-likeness (QED) is 0.739. The summed E-state index contributed by atoms with van der Waals surface area (Å²) < 4.78 is 5.65. The fraction of sp³-hybridized carbons (Fsp3) is 0.600. The third-order valence-corrected chi connectivity index (χ3v) is 5.02. The number of carbonyl (C=O) groups excluding carboxylic acids is 2. The molecule has 1 amide bonds. The minimum Gasteiger partial charge on any atom is -0.458 e. The molecule has 1 saturated heterocycles. The maximum Gasteiger partial charge on any atom is 0.329 e. The second kappa shape index (κ2) is 6.99. The number of likely N-dealkylation sites (tertiary alicyclic amines) is 1. The van der Waals surface area contributed by atoms with Crippen LogP contribution in [0, 0.1) is 5.92 Å². The second-order valence-electron chi connectivity index (χ2n) is 8.08. The second-order valence-corrected chi connectivity index (χ2v) is 8.51. The molecule has 1 aliphatic carbocycles. The lowest BCUT2D eigenvalue weighted by atomic mass is 9.92. The zero-order valence-electron chi connectivity index (χ0n) is 15.1. The molecule has 2 aliphatic rings. The monoisotopic (exact) mass is 363 g/mol. The van der Waals surface area contributed by atoms with Crippen LogP contribution >= 0.6 is 11.6 Å². The highest BCUT2D eigenvalue weighted by atomic mass is 35.5. The van der Waals surface area contributed by atoms with E-state index in [2.05, 4.69) is 0 Å². The van der Waals surface area contributed by atoms with E-state index in [1.807, 2.05) is 45.0 Å². The zero-order chi connectivity index (χ0) is 18.2. The van der Waals surface area contributed by atoms with Crippen LogP contribution in [0.3, 0.4) is 0 Å². The SMILES string of the molecule is CC(C)(C)OC(=O)C(C1CC1)N1C(=O)CCCC1c1ccc(Cl)cc1. The summed E-state index contributed by atoms with van der Waals surface area (Å²) in [6.07, 6.45) is 4.14. The van der Waals surface area contributed by atoms with Crippen LogP contribution in [0.4, 0.5) is 0 Å². The van der Waals surface area contributed by atoms with Crippen molar-refractivity contribution < 1.29 is 14.3 Å². The molecule has 0 spiro atoms. The predicted octanol–water partition coefficient (Wildman–Crippen LogP) is 4.51. The molecular weight excluding hydrogens is 338 g/mol. The summed E-state index contributed by atoms with van der Waals surface area (Å²) in [5.74, 6) is -0.00938. The van der Waals surface area contributed by atoms with E-state index in [0.29, 0.717) is 11.4 Å². The predicted molar refractivity (Wildman–Crippen MR) is 97.2 cm³/mol. The van der Waals surface area contributed by atoms with Crippen molar-refractivity contribution in [2.75, 3.05) is 0 Å². The summed E-state index contributed by atoms with van der Waals surface area (Å²) in [6.45, 7) is 5.59. The van der Waals surface area contributed by atoms with Gasteiger partial charge < -0.3 is 9.64 Å². The van der Waals surface area contributed by atoms with E-state index in [9.17, 15) is 9.59 Å². The number of halogens is 1. The van der Waals surface area contributed by atoms with Gasteiger partial charge in [-0.15, -0.1) is 0 Å². The largest absolute Gasteiger partial charge is 0.458 e. The first-order valence-electron chi connectivity index (χ1n) is 9.06. The van der Waals surface area contributed by atoms with Crippen LogP contribution < -0.4 is 0 Å². The average molecular weight is 364 g/mol. The van der Waals surface area contributed by atoms with Gasteiger partial charge in [0, 0.05) is 11.4 Å². The number of benzene rings is 1. The Morgan fingerprint density at radius 2 is 1.84 bits per heavy atom. The molecule has 1 aromatic rings. The average Bonchev–Trinajstić information content (AvgIpc) is 3.33. The van der Waals surface area contributed by atoms with Gasteiger partial charge in [-0.2, -0.15) is 0 Å². The third-order valence-electron chi connectivity index (χ3n) is 4.76. The topological polar surface area (TPSA) is 46.6 Å². The Hall–Kier alpha value is -1.55. The van der Waals surface area contributed by atoms with E-state index in [1.165, 1.54) is 0 Å². The molecule has 2 atom stereocenters. The molecule has 0 N–H and O–H groups in total. The van der Waals surface area contributed by atoms with Crippen LogP contribution in [-0.4, -0.2) is 28.4 Å². The van der Waals surface area contributed by atoms with E-state index in [0.717, 1.165) is 31.2 Å². The van der Waals surface area contributed by atoms with Gasteiger partial charge >= 0.3 is 5.97 Å². The van der Waals surface area contributed by atoms with Crippen molar-refractivity contribution in [1.82, 2.24) is 4.90 Å². The minimum absolute atomic E-state index is 0.0500. The lowest BCUT2D eigenvalue weighted by Gasteiger charge is -2.41. The highest BCUT2D eigenvalue weighted by molar-refractivity contribution is 6.30. The normalized spacial score (nSPS) is 22.6. The van der Waals surface area contributed by atoms with Gasteiger partial charge in [-0.1, -0.05) is 23.7 Å². The highest BCUT2D eigenvalue weighted by Crippen LogP contribution is 2.43. The number of rotatable bonds is 4. The van der Waals surface area contributed by atoms with Gasteiger partial charge in [0.05, 0.1) is 6.04 Å². The molecule has 3 rings (SSSR count). The standard InChI is InChI=1S/C20H26ClNO3/c1-20(2,3)25-19(24)18(14-7-8-14)22-16(5-4-6-17(22)23)13-9-11-15(21)12-10-13/h9-12,14,16,18H,4-8H2,1-3H3. The Kier molecular flexibility index (Phi) is 5.10. The lowest BCUT2D eigenvalue weighted by Crippen LogP contribution is -2.51. The number of hydrogen-bond acceptors (Lipinski definition) is 3. The van der Waals surface area contributed by atoms with Crippen LogP contribution in [0.5, 0.6) is 0 Å². The molecule has 2 fully saturated rings. The molecule has 25 heavy (non-hydrogen) atoms. The molecule has 0 radical (unpaired) electrons. The molecule has 1 aliphatic heterocycles. The van der Waals surface area contributed by atoms with Gasteiger partial charge in [0.25, 0.3) is 0 Å². The van der Waals surface area contributed by atoms with Gasteiger partial charge in [0.15, 0.2) is 0 Å². The summed E-state index contributed by atoms with van der Waals surface area (Å²) in [5.41, 5.74) is 0.477. The summed E-state index contributed by atoms with van der Waals surface area (Å²) in [7, 11) is 0. The fourth-order valence-corrected chi connectivity index (χ4v) is 3.68. The Labute approximate surface area is 154 Å². The third kappa shape index (κ3) is 4.35. The summed E-state index contributed by atoms with van der Waals surface area (Å²) in [4.78, 5) is 27.5. The Morgan fingerprint density at radius 3 is 2.40 bits per heavy atom. The summed E-state index contributed by atoms with van der Waals surface area (Å²) in [6, 6.07) is 7.03. The van der Waals surface area contributed by atoms with E-state index in [-0.39, 0.29) is 23.8 Å². The summed E-state index contributed by atoms with van der Waals surface area (Å²) in [5, 5.41) is 0.670.